The minimum Gasteiger partial charge on any atom is -0.388 e. The summed E-state index contributed by atoms with van der Waals surface area (Å²) < 4.78 is 0. The highest BCUT2D eigenvalue weighted by Gasteiger charge is 2.20. The highest BCUT2D eigenvalue weighted by atomic mass is 16.3. The first-order chi connectivity index (χ1) is 7.27. The lowest BCUT2D eigenvalue weighted by Crippen LogP contribution is -2.08. The fraction of sp³-hybridized carbons (Fsp3) is 0.286. The van der Waals surface area contributed by atoms with Crippen LogP contribution in [0.25, 0.3) is 10.8 Å². The van der Waals surface area contributed by atoms with Crippen LogP contribution in [0.2, 0.25) is 0 Å². The molecule has 0 aliphatic heterocycles. The monoisotopic (exact) mass is 198 g/mol. The molecule has 76 valence electrons. The predicted molar refractivity (Wildman–Crippen MR) is 62.0 cm³/mol. The zero-order valence-electron chi connectivity index (χ0n) is 8.83. The van der Waals surface area contributed by atoms with Gasteiger partial charge in [-0.2, -0.15) is 0 Å². The summed E-state index contributed by atoms with van der Waals surface area (Å²) in [6, 6.07) is 10.5. The molecule has 2 aromatic rings. The molecule has 0 heterocycles. The molecule has 0 aromatic heterocycles. The Kier molecular flexibility index (Phi) is 1.83. The van der Waals surface area contributed by atoms with E-state index in [1.54, 1.807) is 0 Å². The molecule has 1 atom stereocenters. The maximum absolute atomic E-state index is 9.96. The highest BCUT2D eigenvalue weighted by Crippen LogP contribution is 2.36. The number of hydrogen-bond acceptors (Lipinski definition) is 1. The third-order valence-electron chi connectivity index (χ3n) is 3.45. The van der Waals surface area contributed by atoms with Crippen LogP contribution in [0.15, 0.2) is 30.3 Å². The van der Waals surface area contributed by atoms with Gasteiger partial charge >= 0.3 is 0 Å². The average Bonchev–Trinajstić information content (AvgIpc) is 2.26. The molecule has 0 radical (unpaired) electrons. The Hall–Kier alpha value is -1.34. The summed E-state index contributed by atoms with van der Waals surface area (Å²) in [6.07, 6.45) is 1.58. The molecule has 1 nitrogen and oxygen atoms in total. The zero-order valence-corrected chi connectivity index (χ0v) is 8.83. The fourth-order valence-corrected chi connectivity index (χ4v) is 2.63. The van der Waals surface area contributed by atoms with E-state index in [-0.39, 0.29) is 6.10 Å². The maximum Gasteiger partial charge on any atom is 0.0799 e. The van der Waals surface area contributed by atoms with Gasteiger partial charge < -0.3 is 5.11 Å². The average molecular weight is 198 g/mol. The predicted octanol–water partition coefficient (Wildman–Crippen LogP) is 3.13. The van der Waals surface area contributed by atoms with Crippen molar-refractivity contribution in [3.8, 4) is 0 Å². The van der Waals surface area contributed by atoms with Gasteiger partial charge in [-0.05, 0) is 47.2 Å². The normalized spacial score (nSPS) is 19.5. The van der Waals surface area contributed by atoms with Crippen LogP contribution in [0.1, 0.15) is 29.2 Å². The SMILES string of the molecule is Cc1ccc2cccc3c2c1CCC3O. The Morgan fingerprint density at radius 3 is 2.93 bits per heavy atom. The molecule has 15 heavy (non-hydrogen) atoms. The van der Waals surface area contributed by atoms with Crippen molar-refractivity contribution < 1.29 is 5.11 Å². The molecule has 3 rings (SSSR count). The van der Waals surface area contributed by atoms with E-state index in [0.717, 1.165) is 18.4 Å². The molecular formula is C14H14O. The van der Waals surface area contributed by atoms with Crippen molar-refractivity contribution in [2.75, 3.05) is 0 Å². The van der Waals surface area contributed by atoms with Crippen LogP contribution in [-0.4, -0.2) is 5.11 Å². The van der Waals surface area contributed by atoms with Gasteiger partial charge in [0.15, 0.2) is 0 Å². The van der Waals surface area contributed by atoms with Gasteiger partial charge in [-0.1, -0.05) is 30.3 Å². The van der Waals surface area contributed by atoms with Crippen molar-refractivity contribution in [1.82, 2.24) is 0 Å². The number of benzene rings is 2. The molecule has 1 aliphatic carbocycles. The lowest BCUT2D eigenvalue weighted by molar-refractivity contribution is 0.166. The molecule has 0 amide bonds. The van der Waals surface area contributed by atoms with Crippen molar-refractivity contribution in [1.29, 1.82) is 0 Å². The minimum absolute atomic E-state index is 0.275. The van der Waals surface area contributed by atoms with Gasteiger partial charge in [0, 0.05) is 0 Å². The molecule has 0 fully saturated rings. The Morgan fingerprint density at radius 2 is 2.07 bits per heavy atom. The van der Waals surface area contributed by atoms with E-state index in [2.05, 4.69) is 31.2 Å². The second kappa shape index (κ2) is 3.07. The Morgan fingerprint density at radius 1 is 1.20 bits per heavy atom. The maximum atomic E-state index is 9.96. The second-order valence-electron chi connectivity index (χ2n) is 4.36. The summed E-state index contributed by atoms with van der Waals surface area (Å²) >= 11 is 0. The largest absolute Gasteiger partial charge is 0.388 e. The van der Waals surface area contributed by atoms with Crippen molar-refractivity contribution >= 4 is 10.8 Å². The minimum atomic E-state index is -0.275. The molecular weight excluding hydrogens is 184 g/mol. The van der Waals surface area contributed by atoms with Crippen molar-refractivity contribution in [3.05, 3.63) is 47.0 Å². The summed E-state index contributed by atoms with van der Waals surface area (Å²) in [5, 5.41) is 12.5. The van der Waals surface area contributed by atoms with Crippen LogP contribution in [0.4, 0.5) is 0 Å². The van der Waals surface area contributed by atoms with Crippen LogP contribution < -0.4 is 0 Å². The molecule has 1 N–H and O–H groups in total. The Bertz CT molecular complexity index is 528. The summed E-state index contributed by atoms with van der Waals surface area (Å²) in [6.45, 7) is 2.16. The Balaban J connectivity index is 2.48. The van der Waals surface area contributed by atoms with Crippen molar-refractivity contribution in [2.45, 2.75) is 25.9 Å². The highest BCUT2D eigenvalue weighted by molar-refractivity contribution is 5.90. The smallest absolute Gasteiger partial charge is 0.0799 e. The number of aliphatic hydroxyl groups is 1. The summed E-state index contributed by atoms with van der Waals surface area (Å²) in [4.78, 5) is 0. The van der Waals surface area contributed by atoms with E-state index < -0.39 is 0 Å². The third kappa shape index (κ3) is 1.20. The number of hydrogen-bond donors (Lipinski definition) is 1. The Labute approximate surface area is 89.4 Å². The van der Waals surface area contributed by atoms with Crippen molar-refractivity contribution in [2.24, 2.45) is 0 Å². The van der Waals surface area contributed by atoms with E-state index in [1.165, 1.54) is 21.9 Å². The first-order valence-corrected chi connectivity index (χ1v) is 5.46. The summed E-state index contributed by atoms with van der Waals surface area (Å²) in [5.74, 6) is 0. The number of rotatable bonds is 0. The van der Waals surface area contributed by atoms with Gasteiger partial charge in [-0.15, -0.1) is 0 Å². The number of aliphatic hydroxyl groups excluding tert-OH is 1. The molecule has 0 saturated carbocycles. The molecule has 1 heteroatoms. The quantitative estimate of drug-likeness (QED) is 0.689. The molecule has 0 saturated heterocycles. The van der Waals surface area contributed by atoms with E-state index >= 15 is 0 Å². The topological polar surface area (TPSA) is 20.2 Å². The van der Waals surface area contributed by atoms with Crippen LogP contribution in [-0.2, 0) is 6.42 Å². The van der Waals surface area contributed by atoms with E-state index in [4.69, 9.17) is 0 Å². The summed E-state index contributed by atoms with van der Waals surface area (Å²) in [7, 11) is 0. The lowest BCUT2D eigenvalue weighted by Gasteiger charge is -2.23. The third-order valence-corrected chi connectivity index (χ3v) is 3.45. The van der Waals surface area contributed by atoms with Gasteiger partial charge in [0.2, 0.25) is 0 Å². The van der Waals surface area contributed by atoms with Gasteiger partial charge in [0.05, 0.1) is 6.10 Å². The van der Waals surface area contributed by atoms with E-state index in [9.17, 15) is 5.11 Å². The van der Waals surface area contributed by atoms with Crippen LogP contribution >= 0.6 is 0 Å². The van der Waals surface area contributed by atoms with Gasteiger partial charge in [0.1, 0.15) is 0 Å². The first-order valence-electron chi connectivity index (χ1n) is 5.46. The fourth-order valence-electron chi connectivity index (χ4n) is 2.63. The van der Waals surface area contributed by atoms with Crippen molar-refractivity contribution in [3.63, 3.8) is 0 Å². The molecule has 0 spiro atoms. The van der Waals surface area contributed by atoms with E-state index in [1.807, 2.05) is 6.07 Å². The van der Waals surface area contributed by atoms with Crippen LogP contribution in [0.3, 0.4) is 0 Å². The van der Waals surface area contributed by atoms with Gasteiger partial charge in [0.25, 0.3) is 0 Å². The molecule has 2 aromatic carbocycles. The van der Waals surface area contributed by atoms with E-state index in [0.29, 0.717) is 0 Å². The number of aryl methyl sites for hydroxylation is 2. The first kappa shape index (κ1) is 8.93. The van der Waals surface area contributed by atoms with Crippen LogP contribution in [0, 0.1) is 6.92 Å². The van der Waals surface area contributed by atoms with Gasteiger partial charge in [-0.3, -0.25) is 0 Å². The summed E-state index contributed by atoms with van der Waals surface area (Å²) in [5.41, 5.74) is 3.88. The molecule has 1 unspecified atom stereocenters. The second-order valence-corrected chi connectivity index (χ2v) is 4.36. The lowest BCUT2D eigenvalue weighted by atomic mass is 9.85. The molecule has 1 aliphatic rings. The van der Waals surface area contributed by atoms with Gasteiger partial charge in [-0.25, -0.2) is 0 Å². The van der Waals surface area contributed by atoms with Crippen LogP contribution in [0.5, 0.6) is 0 Å². The standard InChI is InChI=1S/C14H14O/c1-9-5-6-10-3-2-4-12-13(15)8-7-11(9)14(10)12/h2-6,13,15H,7-8H2,1H3. The zero-order chi connectivity index (χ0) is 10.4. The molecule has 0 bridgehead atoms.